The van der Waals surface area contributed by atoms with Gasteiger partial charge < -0.3 is 29.4 Å². The van der Waals surface area contributed by atoms with Crippen LogP contribution in [0.25, 0.3) is 0 Å². The number of halogens is 1. The normalized spacial score (nSPS) is 31.6. The van der Waals surface area contributed by atoms with Crippen molar-refractivity contribution in [2.45, 2.75) is 57.3 Å². The van der Waals surface area contributed by atoms with Crippen LogP contribution < -0.4 is 5.32 Å². The number of ether oxygens (including phenoxy) is 4. The number of hydrogen-bond acceptors (Lipinski definition) is 9. The summed E-state index contributed by atoms with van der Waals surface area (Å²) in [7, 11) is 0. The molecule has 142 valence electrons. The number of esters is 3. The van der Waals surface area contributed by atoms with Crippen molar-refractivity contribution in [3.05, 3.63) is 0 Å². The van der Waals surface area contributed by atoms with Gasteiger partial charge in [-0.3, -0.25) is 19.2 Å². The first-order valence-electron chi connectivity index (χ1n) is 7.28. The van der Waals surface area contributed by atoms with Gasteiger partial charge in [0.25, 0.3) is 5.25 Å². The van der Waals surface area contributed by atoms with E-state index in [1.807, 2.05) is 0 Å². The van der Waals surface area contributed by atoms with Crippen molar-refractivity contribution in [1.82, 2.24) is 5.32 Å². The minimum atomic E-state index is -2.51. The molecule has 0 radical (unpaired) electrons. The van der Waals surface area contributed by atoms with Crippen molar-refractivity contribution in [1.29, 1.82) is 0 Å². The SMILES string of the molecule is CC(=O)N[C@@H]1[C@@H](OC(C)=O)[C@H](OC(C)=O)[C@@H](COC(C)=O)O[C@]1(O)Cl. The molecule has 0 aliphatic carbocycles. The zero-order valence-electron chi connectivity index (χ0n) is 14.1. The van der Waals surface area contributed by atoms with Gasteiger partial charge in [-0.15, -0.1) is 0 Å². The lowest BCUT2D eigenvalue weighted by atomic mass is 9.96. The summed E-state index contributed by atoms with van der Waals surface area (Å²) < 4.78 is 20.2. The van der Waals surface area contributed by atoms with Gasteiger partial charge in [0, 0.05) is 27.7 Å². The number of nitrogens with one attached hydrogen (secondary N) is 1. The number of carbonyl (C=O) groups is 4. The highest BCUT2D eigenvalue weighted by molar-refractivity contribution is 6.22. The second kappa shape index (κ2) is 8.45. The fraction of sp³-hybridized carbons (Fsp3) is 0.714. The zero-order valence-corrected chi connectivity index (χ0v) is 14.9. The Kier molecular flexibility index (Phi) is 7.15. The minimum Gasteiger partial charge on any atom is -0.463 e. The monoisotopic (exact) mass is 381 g/mol. The number of rotatable bonds is 5. The Morgan fingerprint density at radius 3 is 2.00 bits per heavy atom. The van der Waals surface area contributed by atoms with Gasteiger partial charge in [0.2, 0.25) is 5.91 Å². The van der Waals surface area contributed by atoms with Crippen LogP contribution in [-0.4, -0.2) is 65.1 Å². The van der Waals surface area contributed by atoms with E-state index in [1.165, 1.54) is 0 Å². The van der Waals surface area contributed by atoms with Crippen molar-refractivity contribution < 1.29 is 43.2 Å². The topological polar surface area (TPSA) is 137 Å². The lowest BCUT2D eigenvalue weighted by molar-refractivity contribution is -0.284. The highest BCUT2D eigenvalue weighted by atomic mass is 35.5. The van der Waals surface area contributed by atoms with E-state index in [0.29, 0.717) is 0 Å². The van der Waals surface area contributed by atoms with Crippen LogP contribution in [0.5, 0.6) is 0 Å². The van der Waals surface area contributed by atoms with Crippen LogP contribution in [0.15, 0.2) is 0 Å². The van der Waals surface area contributed by atoms with E-state index >= 15 is 0 Å². The van der Waals surface area contributed by atoms with Crippen molar-refractivity contribution in [3.8, 4) is 0 Å². The molecule has 1 aliphatic rings. The first-order chi connectivity index (χ1) is 11.4. The Hall–Kier alpha value is -1.91. The van der Waals surface area contributed by atoms with Gasteiger partial charge in [-0.2, -0.15) is 0 Å². The van der Waals surface area contributed by atoms with E-state index < -0.39 is 60.0 Å². The first-order valence-corrected chi connectivity index (χ1v) is 7.65. The van der Waals surface area contributed by atoms with E-state index in [9.17, 15) is 24.3 Å². The van der Waals surface area contributed by atoms with E-state index in [0.717, 1.165) is 27.7 Å². The molecule has 2 N–H and O–H groups in total. The molecule has 1 amide bonds. The quantitative estimate of drug-likeness (QED) is 0.356. The van der Waals surface area contributed by atoms with Gasteiger partial charge in [-0.1, -0.05) is 11.6 Å². The summed E-state index contributed by atoms with van der Waals surface area (Å²) in [6.07, 6.45) is -3.93. The molecule has 11 heteroatoms. The molecule has 10 nitrogen and oxygen atoms in total. The summed E-state index contributed by atoms with van der Waals surface area (Å²) >= 11 is 5.92. The number of hydrogen-bond donors (Lipinski definition) is 2. The highest BCUT2D eigenvalue weighted by Crippen LogP contribution is 2.34. The maximum Gasteiger partial charge on any atom is 0.303 e. The van der Waals surface area contributed by atoms with Gasteiger partial charge in [0.1, 0.15) is 18.8 Å². The van der Waals surface area contributed by atoms with Crippen molar-refractivity contribution in [3.63, 3.8) is 0 Å². The summed E-state index contributed by atoms with van der Waals surface area (Å²) in [5.74, 6) is -2.79. The number of alkyl halides is 1. The molecule has 25 heavy (non-hydrogen) atoms. The lowest BCUT2D eigenvalue weighted by Crippen LogP contribution is -2.69. The molecule has 5 atom stereocenters. The van der Waals surface area contributed by atoms with Crippen LogP contribution >= 0.6 is 11.6 Å². The molecular formula is C14H20ClNO9. The standard InChI is InChI=1S/C14H20ClNO9/c1-6(17)16-13-12(24-9(4)20)11(23-8(3)19)10(5-22-7(2)18)25-14(13,15)21/h10-13,21H,5H2,1-4H3,(H,16,17)/t10-,11-,12+,13-,14+/m1/s1. The van der Waals surface area contributed by atoms with Gasteiger partial charge in [0.05, 0.1) is 0 Å². The van der Waals surface area contributed by atoms with Crippen LogP contribution in [0, 0.1) is 0 Å². The van der Waals surface area contributed by atoms with Crippen LogP contribution in [0.2, 0.25) is 0 Å². The molecule has 0 aromatic rings. The smallest absolute Gasteiger partial charge is 0.303 e. The predicted octanol–water partition coefficient (Wildman–Crippen LogP) is -0.799. The Balaban J connectivity index is 3.24. The second-order valence-corrected chi connectivity index (χ2v) is 5.94. The molecular weight excluding hydrogens is 362 g/mol. The zero-order chi connectivity index (χ0) is 19.4. The summed E-state index contributed by atoms with van der Waals surface area (Å²) in [6.45, 7) is 4.03. The fourth-order valence-corrected chi connectivity index (χ4v) is 2.63. The molecule has 1 aliphatic heterocycles. The van der Waals surface area contributed by atoms with Gasteiger partial charge in [-0.25, -0.2) is 0 Å². The number of aliphatic hydroxyl groups is 1. The van der Waals surface area contributed by atoms with Gasteiger partial charge in [0.15, 0.2) is 12.2 Å². The molecule has 0 aromatic carbocycles. The average molecular weight is 382 g/mol. The van der Waals surface area contributed by atoms with Gasteiger partial charge in [-0.05, 0) is 0 Å². The third-order valence-electron chi connectivity index (χ3n) is 3.13. The van der Waals surface area contributed by atoms with E-state index in [-0.39, 0.29) is 0 Å². The van der Waals surface area contributed by atoms with Crippen LogP contribution in [0.4, 0.5) is 0 Å². The van der Waals surface area contributed by atoms with Crippen LogP contribution in [0.1, 0.15) is 27.7 Å². The molecule has 1 rings (SSSR count). The van der Waals surface area contributed by atoms with Crippen LogP contribution in [0.3, 0.4) is 0 Å². The van der Waals surface area contributed by atoms with E-state index in [1.54, 1.807) is 0 Å². The highest BCUT2D eigenvalue weighted by Gasteiger charge is 2.57. The fourth-order valence-electron chi connectivity index (χ4n) is 2.34. The Bertz CT molecular complexity index is 550. The molecule has 1 heterocycles. The number of amides is 1. The Morgan fingerprint density at radius 1 is 1.04 bits per heavy atom. The summed E-state index contributed by atoms with van der Waals surface area (Å²) in [5.41, 5.74) is 0. The van der Waals surface area contributed by atoms with Crippen LogP contribution in [-0.2, 0) is 38.1 Å². The summed E-state index contributed by atoms with van der Waals surface area (Å²) in [4.78, 5) is 45.3. The Labute approximate surface area is 148 Å². The molecule has 0 aromatic heterocycles. The molecule has 0 unspecified atom stereocenters. The maximum absolute atomic E-state index is 11.4. The third-order valence-corrected chi connectivity index (χ3v) is 3.46. The van der Waals surface area contributed by atoms with Gasteiger partial charge >= 0.3 is 17.9 Å². The van der Waals surface area contributed by atoms with Crippen molar-refractivity contribution in [2.75, 3.05) is 6.61 Å². The van der Waals surface area contributed by atoms with E-state index in [4.69, 9.17) is 30.5 Å². The summed E-state index contributed by atoms with van der Waals surface area (Å²) in [5, 5.41) is 10.1. The Morgan fingerprint density at radius 2 is 1.56 bits per heavy atom. The summed E-state index contributed by atoms with van der Waals surface area (Å²) in [6, 6.07) is -1.45. The largest absolute Gasteiger partial charge is 0.463 e. The minimum absolute atomic E-state index is 0.438. The first kappa shape index (κ1) is 21.1. The molecule has 1 saturated heterocycles. The maximum atomic E-state index is 11.4. The third kappa shape index (κ3) is 6.15. The second-order valence-electron chi connectivity index (χ2n) is 5.39. The molecule has 1 fully saturated rings. The molecule has 0 spiro atoms. The van der Waals surface area contributed by atoms with E-state index in [2.05, 4.69) is 5.32 Å². The van der Waals surface area contributed by atoms with Crippen molar-refractivity contribution in [2.24, 2.45) is 0 Å². The molecule has 0 bridgehead atoms. The lowest BCUT2D eigenvalue weighted by Gasteiger charge is -2.46. The average Bonchev–Trinajstić information content (AvgIpc) is 2.42. The molecule has 0 saturated carbocycles. The predicted molar refractivity (Wildman–Crippen MR) is 81.0 cm³/mol. The van der Waals surface area contributed by atoms with Crippen molar-refractivity contribution >= 4 is 35.4 Å². The number of carbonyl (C=O) groups excluding carboxylic acids is 4.